The van der Waals surface area contributed by atoms with Gasteiger partial charge in [-0.3, -0.25) is 0 Å². The van der Waals surface area contributed by atoms with E-state index in [1.165, 1.54) is 16.7 Å². The Morgan fingerprint density at radius 2 is 1.61 bits per heavy atom. The van der Waals surface area contributed by atoms with Crippen molar-refractivity contribution in [1.29, 1.82) is 0 Å². The van der Waals surface area contributed by atoms with Crippen molar-refractivity contribution < 1.29 is 0 Å². The van der Waals surface area contributed by atoms with Crippen molar-refractivity contribution in [2.75, 3.05) is 13.6 Å². The number of likely N-dealkylation sites (N-methyl/N-ethyl adjacent to an activating group) is 1. The molecule has 2 rings (SSSR count). The van der Waals surface area contributed by atoms with Crippen LogP contribution in [0.4, 0.5) is 0 Å². The highest BCUT2D eigenvalue weighted by Crippen LogP contribution is 2.12. The van der Waals surface area contributed by atoms with E-state index in [0.717, 1.165) is 6.54 Å². The molecule has 0 saturated carbocycles. The van der Waals surface area contributed by atoms with Crippen LogP contribution in [-0.4, -0.2) is 13.6 Å². The molecule has 0 aliphatic carbocycles. The largest absolute Gasteiger partial charge is 0.315 e. The molecule has 18 heavy (non-hydrogen) atoms. The molecule has 1 nitrogen and oxygen atoms in total. The van der Waals surface area contributed by atoms with Gasteiger partial charge in [-0.1, -0.05) is 60.7 Å². The molecular weight excluding hydrogens is 218 g/mol. The van der Waals surface area contributed by atoms with Crippen LogP contribution >= 0.6 is 0 Å². The highest BCUT2D eigenvalue weighted by Gasteiger charge is 1.97. The molecule has 0 radical (unpaired) electrons. The molecule has 2 aromatic carbocycles. The van der Waals surface area contributed by atoms with Gasteiger partial charge in [0.05, 0.1) is 0 Å². The number of nitrogens with one attached hydrogen (secondary N) is 1. The SMILES string of the molecule is CNCC(=C=Cc1ccccc1)c1ccccc1. The van der Waals surface area contributed by atoms with E-state index in [-0.39, 0.29) is 0 Å². The van der Waals surface area contributed by atoms with Gasteiger partial charge in [0, 0.05) is 12.1 Å². The Balaban J connectivity index is 2.33. The van der Waals surface area contributed by atoms with Crippen molar-refractivity contribution in [2.45, 2.75) is 0 Å². The molecule has 0 unspecified atom stereocenters. The van der Waals surface area contributed by atoms with Gasteiger partial charge in [0.25, 0.3) is 0 Å². The van der Waals surface area contributed by atoms with Crippen LogP contribution in [0, 0.1) is 0 Å². The molecule has 90 valence electrons. The minimum Gasteiger partial charge on any atom is -0.315 e. The summed E-state index contributed by atoms with van der Waals surface area (Å²) in [6.07, 6.45) is 2.03. The van der Waals surface area contributed by atoms with Crippen LogP contribution in [-0.2, 0) is 0 Å². The molecule has 0 saturated heterocycles. The summed E-state index contributed by atoms with van der Waals surface area (Å²) < 4.78 is 0. The number of hydrogen-bond donors (Lipinski definition) is 1. The molecule has 0 fully saturated rings. The summed E-state index contributed by atoms with van der Waals surface area (Å²) in [6, 6.07) is 20.6. The molecule has 0 amide bonds. The maximum absolute atomic E-state index is 3.38. The fraction of sp³-hybridized carbons (Fsp3) is 0.118. The van der Waals surface area contributed by atoms with Crippen LogP contribution in [0.1, 0.15) is 11.1 Å². The van der Waals surface area contributed by atoms with E-state index in [2.05, 4.69) is 47.4 Å². The first kappa shape index (κ1) is 12.4. The van der Waals surface area contributed by atoms with E-state index in [4.69, 9.17) is 0 Å². The maximum Gasteiger partial charge on any atom is 0.0281 e. The van der Waals surface area contributed by atoms with Gasteiger partial charge in [0.1, 0.15) is 0 Å². The quantitative estimate of drug-likeness (QED) is 0.798. The lowest BCUT2D eigenvalue weighted by Gasteiger charge is -2.03. The zero-order valence-electron chi connectivity index (χ0n) is 10.6. The second kappa shape index (κ2) is 6.61. The van der Waals surface area contributed by atoms with Gasteiger partial charge in [-0.2, -0.15) is 0 Å². The summed E-state index contributed by atoms with van der Waals surface area (Å²) in [5.74, 6) is 0. The molecule has 2 aromatic rings. The minimum atomic E-state index is 0.813. The average Bonchev–Trinajstić information content (AvgIpc) is 2.45. The summed E-state index contributed by atoms with van der Waals surface area (Å²) >= 11 is 0. The number of benzene rings is 2. The summed E-state index contributed by atoms with van der Waals surface area (Å²) in [4.78, 5) is 0. The van der Waals surface area contributed by atoms with E-state index in [1.54, 1.807) is 0 Å². The first-order valence-corrected chi connectivity index (χ1v) is 6.11. The minimum absolute atomic E-state index is 0.813. The van der Waals surface area contributed by atoms with E-state index in [1.807, 2.05) is 37.4 Å². The Hall–Kier alpha value is -2.08. The predicted octanol–water partition coefficient (Wildman–Crippen LogP) is 3.60. The van der Waals surface area contributed by atoms with Gasteiger partial charge >= 0.3 is 0 Å². The highest BCUT2D eigenvalue weighted by molar-refractivity contribution is 5.70. The molecule has 1 N–H and O–H groups in total. The Labute approximate surface area is 108 Å². The van der Waals surface area contributed by atoms with Crippen molar-refractivity contribution in [3.8, 4) is 0 Å². The molecule has 0 aliphatic heterocycles. The monoisotopic (exact) mass is 235 g/mol. The molecule has 0 heterocycles. The third kappa shape index (κ3) is 3.46. The van der Waals surface area contributed by atoms with Crippen molar-refractivity contribution >= 4 is 11.6 Å². The molecule has 0 aromatic heterocycles. The summed E-state index contributed by atoms with van der Waals surface area (Å²) in [6.45, 7) is 0.813. The van der Waals surface area contributed by atoms with Gasteiger partial charge in [-0.25, -0.2) is 0 Å². The Morgan fingerprint density at radius 1 is 1.00 bits per heavy atom. The zero-order chi connectivity index (χ0) is 12.6. The highest BCUT2D eigenvalue weighted by atomic mass is 14.8. The lowest BCUT2D eigenvalue weighted by molar-refractivity contribution is 0.932. The number of hydrogen-bond acceptors (Lipinski definition) is 1. The summed E-state index contributed by atoms with van der Waals surface area (Å²) in [5.41, 5.74) is 6.93. The molecule has 0 atom stereocenters. The van der Waals surface area contributed by atoms with Crippen molar-refractivity contribution in [1.82, 2.24) is 5.32 Å². The van der Waals surface area contributed by atoms with Crippen molar-refractivity contribution in [3.63, 3.8) is 0 Å². The Bertz CT molecular complexity index is 534. The zero-order valence-corrected chi connectivity index (χ0v) is 10.6. The predicted molar refractivity (Wildman–Crippen MR) is 78.2 cm³/mol. The van der Waals surface area contributed by atoms with E-state index in [9.17, 15) is 0 Å². The van der Waals surface area contributed by atoms with E-state index in [0.29, 0.717) is 0 Å². The third-order valence-corrected chi connectivity index (χ3v) is 2.69. The van der Waals surface area contributed by atoms with Gasteiger partial charge in [0.2, 0.25) is 0 Å². The van der Waals surface area contributed by atoms with Crippen LogP contribution < -0.4 is 5.32 Å². The van der Waals surface area contributed by atoms with Crippen LogP contribution in [0.2, 0.25) is 0 Å². The van der Waals surface area contributed by atoms with Gasteiger partial charge < -0.3 is 5.32 Å². The second-order valence-electron chi connectivity index (χ2n) is 4.07. The summed E-state index contributed by atoms with van der Waals surface area (Å²) in [7, 11) is 1.95. The van der Waals surface area contributed by atoms with Gasteiger partial charge in [-0.05, 0) is 24.3 Å². The normalized spacial score (nSPS) is 9.61. The van der Waals surface area contributed by atoms with Crippen LogP contribution in [0.3, 0.4) is 0 Å². The van der Waals surface area contributed by atoms with Crippen LogP contribution in [0.15, 0.2) is 66.4 Å². The lowest BCUT2D eigenvalue weighted by Crippen LogP contribution is -2.09. The second-order valence-corrected chi connectivity index (χ2v) is 4.07. The fourth-order valence-corrected chi connectivity index (χ4v) is 1.77. The number of rotatable bonds is 4. The topological polar surface area (TPSA) is 12.0 Å². The van der Waals surface area contributed by atoms with Crippen LogP contribution in [0.5, 0.6) is 0 Å². The van der Waals surface area contributed by atoms with E-state index < -0.39 is 0 Å². The van der Waals surface area contributed by atoms with Crippen molar-refractivity contribution in [2.24, 2.45) is 0 Å². The Morgan fingerprint density at radius 3 is 2.22 bits per heavy atom. The third-order valence-electron chi connectivity index (χ3n) is 2.69. The smallest absolute Gasteiger partial charge is 0.0281 e. The van der Waals surface area contributed by atoms with E-state index >= 15 is 0 Å². The van der Waals surface area contributed by atoms with Crippen molar-refractivity contribution in [3.05, 3.63) is 77.5 Å². The molecule has 0 bridgehead atoms. The molecular formula is C17H17N. The standard InChI is InChI=1S/C17H17N/c1-18-14-17(16-10-6-3-7-11-16)13-12-15-8-4-2-5-9-15/h2-12,18H,14H2,1H3. The summed E-state index contributed by atoms with van der Waals surface area (Å²) in [5, 5.41) is 3.18. The Kier molecular flexibility index (Phi) is 4.54. The van der Waals surface area contributed by atoms with Gasteiger partial charge in [-0.15, -0.1) is 5.73 Å². The average molecular weight is 235 g/mol. The first-order chi connectivity index (χ1) is 8.90. The molecule has 0 aliphatic rings. The molecule has 0 spiro atoms. The first-order valence-electron chi connectivity index (χ1n) is 6.11. The fourth-order valence-electron chi connectivity index (χ4n) is 1.77. The van der Waals surface area contributed by atoms with Gasteiger partial charge in [0.15, 0.2) is 0 Å². The lowest BCUT2D eigenvalue weighted by atomic mass is 10.1. The van der Waals surface area contributed by atoms with Crippen LogP contribution in [0.25, 0.3) is 11.6 Å². The molecule has 1 heteroatoms. The maximum atomic E-state index is 3.38.